The van der Waals surface area contributed by atoms with Gasteiger partial charge in [-0.1, -0.05) is 5.92 Å². The minimum absolute atomic E-state index is 0.280. The number of hydrogen-bond donors (Lipinski definition) is 1. The fourth-order valence-electron chi connectivity index (χ4n) is 2.82. The number of hydrogen-bond acceptors (Lipinski definition) is 4. The van der Waals surface area contributed by atoms with Crippen molar-refractivity contribution in [3.63, 3.8) is 0 Å². The summed E-state index contributed by atoms with van der Waals surface area (Å²) >= 11 is 0. The number of nitrogens with zero attached hydrogens (tertiary/aromatic N) is 1. The molecule has 0 aromatic rings. The van der Waals surface area contributed by atoms with Crippen LogP contribution in [0.2, 0.25) is 0 Å². The van der Waals surface area contributed by atoms with Crippen molar-refractivity contribution in [1.82, 2.24) is 4.90 Å². The van der Waals surface area contributed by atoms with E-state index in [1.165, 1.54) is 0 Å². The van der Waals surface area contributed by atoms with Crippen molar-refractivity contribution in [2.75, 3.05) is 32.8 Å². The molecule has 3 atom stereocenters. The molecule has 2 bridgehead atoms. The van der Waals surface area contributed by atoms with Crippen LogP contribution in [0.3, 0.4) is 0 Å². The molecule has 0 aromatic carbocycles. The second-order valence-electron chi connectivity index (χ2n) is 5.01. The molecule has 102 valence electrons. The Kier molecular flexibility index (Phi) is 4.63. The van der Waals surface area contributed by atoms with E-state index in [-0.39, 0.29) is 5.92 Å². The lowest BCUT2D eigenvalue weighted by Gasteiger charge is -2.24. The first-order valence-electron chi connectivity index (χ1n) is 6.88. The minimum Gasteiger partial charge on any atom is -0.376 e. The molecule has 2 fully saturated rings. The van der Waals surface area contributed by atoms with Crippen LogP contribution in [0.15, 0.2) is 0 Å². The number of fused-ring (bicyclic) bond motifs is 2. The highest BCUT2D eigenvalue weighted by Crippen LogP contribution is 2.34. The largest absolute Gasteiger partial charge is 0.376 e. The average Bonchev–Trinajstić information content (AvgIpc) is 2.58. The molecule has 0 amide bonds. The third kappa shape index (κ3) is 3.04. The normalized spacial score (nSPS) is 34.4. The van der Waals surface area contributed by atoms with Gasteiger partial charge in [-0.3, -0.25) is 4.90 Å². The van der Waals surface area contributed by atoms with Gasteiger partial charge in [0, 0.05) is 32.2 Å². The molecule has 1 N–H and O–H groups in total. The maximum Gasteiger partial charge on any atom is 0.222 e. The number of aliphatic hydroxyl groups is 1. The Balaban J connectivity index is 2.02. The second kappa shape index (κ2) is 6.03. The van der Waals surface area contributed by atoms with Crippen LogP contribution in [0.5, 0.6) is 0 Å². The Bertz CT molecular complexity index is 330. The minimum atomic E-state index is -0.872. The summed E-state index contributed by atoms with van der Waals surface area (Å²) in [6, 6.07) is 0. The quantitative estimate of drug-likeness (QED) is 0.595. The average molecular weight is 253 g/mol. The molecule has 2 aliphatic heterocycles. The van der Waals surface area contributed by atoms with Crippen LogP contribution in [0, 0.1) is 17.8 Å². The molecule has 2 aliphatic rings. The first-order chi connectivity index (χ1) is 8.68. The van der Waals surface area contributed by atoms with E-state index in [1.54, 1.807) is 0 Å². The van der Waals surface area contributed by atoms with Crippen molar-refractivity contribution < 1.29 is 14.6 Å². The summed E-state index contributed by atoms with van der Waals surface area (Å²) in [5, 5.41) is 10.6. The van der Waals surface area contributed by atoms with E-state index in [2.05, 4.69) is 16.7 Å². The molecule has 2 saturated heterocycles. The maximum atomic E-state index is 10.6. The summed E-state index contributed by atoms with van der Waals surface area (Å²) in [5.74, 6) is 6.24. The maximum absolute atomic E-state index is 10.6. The highest BCUT2D eigenvalue weighted by atomic mass is 16.7. The van der Waals surface area contributed by atoms with Crippen molar-refractivity contribution in [3.8, 4) is 11.8 Å². The SMILES string of the molecule is CCOC(C#CC1(O)CN2CCCC1C2)OCC. The fraction of sp³-hybridized carbons (Fsp3) is 0.857. The smallest absolute Gasteiger partial charge is 0.222 e. The third-order valence-electron chi connectivity index (χ3n) is 3.69. The van der Waals surface area contributed by atoms with E-state index in [9.17, 15) is 5.11 Å². The van der Waals surface area contributed by atoms with Gasteiger partial charge < -0.3 is 14.6 Å². The van der Waals surface area contributed by atoms with Crippen LogP contribution in [-0.2, 0) is 9.47 Å². The molecule has 2 rings (SSSR count). The van der Waals surface area contributed by atoms with Crippen molar-refractivity contribution in [1.29, 1.82) is 0 Å². The Morgan fingerprint density at radius 3 is 2.72 bits per heavy atom. The molecule has 18 heavy (non-hydrogen) atoms. The van der Waals surface area contributed by atoms with Crippen molar-refractivity contribution in [2.45, 2.75) is 38.6 Å². The van der Waals surface area contributed by atoms with Crippen molar-refractivity contribution in [3.05, 3.63) is 0 Å². The Hall–Kier alpha value is -0.600. The Morgan fingerprint density at radius 2 is 2.11 bits per heavy atom. The van der Waals surface area contributed by atoms with Gasteiger partial charge in [0.1, 0.15) is 5.60 Å². The first-order valence-corrected chi connectivity index (χ1v) is 6.88. The summed E-state index contributed by atoms with van der Waals surface area (Å²) in [5.41, 5.74) is -0.872. The Labute approximate surface area is 109 Å². The highest BCUT2D eigenvalue weighted by Gasteiger charge is 2.45. The zero-order chi connectivity index (χ0) is 13.0. The van der Waals surface area contributed by atoms with E-state index < -0.39 is 11.9 Å². The first kappa shape index (κ1) is 13.8. The van der Waals surface area contributed by atoms with Gasteiger partial charge in [0.25, 0.3) is 0 Å². The molecule has 0 aromatic heterocycles. The van der Waals surface area contributed by atoms with Crippen LogP contribution in [0.4, 0.5) is 0 Å². The second-order valence-corrected chi connectivity index (χ2v) is 5.01. The van der Waals surface area contributed by atoms with Crippen LogP contribution in [-0.4, -0.2) is 54.7 Å². The summed E-state index contributed by atoms with van der Waals surface area (Å²) in [6.07, 6.45) is 1.71. The lowest BCUT2D eigenvalue weighted by molar-refractivity contribution is -0.0974. The molecule has 0 saturated carbocycles. The van der Waals surface area contributed by atoms with Crippen LogP contribution in [0.1, 0.15) is 26.7 Å². The van der Waals surface area contributed by atoms with Gasteiger partial charge in [0.2, 0.25) is 6.29 Å². The van der Waals surface area contributed by atoms with Gasteiger partial charge in [-0.25, -0.2) is 0 Å². The predicted octanol–water partition coefficient (Wildman–Crippen LogP) is 0.846. The number of ether oxygens (including phenoxy) is 2. The van der Waals surface area contributed by atoms with Gasteiger partial charge >= 0.3 is 0 Å². The van der Waals surface area contributed by atoms with Gasteiger partial charge in [-0.15, -0.1) is 0 Å². The molecule has 0 spiro atoms. The monoisotopic (exact) mass is 253 g/mol. The van der Waals surface area contributed by atoms with Crippen molar-refractivity contribution in [2.24, 2.45) is 5.92 Å². The molecule has 2 heterocycles. The lowest BCUT2D eigenvalue weighted by atomic mass is 9.87. The summed E-state index contributed by atoms with van der Waals surface area (Å²) in [6.45, 7) is 7.67. The standard InChI is InChI=1S/C14H23NO3/c1-3-17-13(18-4-2)7-8-14(16)11-15-9-5-6-12(14)10-15/h12-13,16H,3-6,9-11H2,1-2H3. The molecule has 0 aliphatic carbocycles. The number of rotatable bonds is 4. The van der Waals surface area contributed by atoms with E-state index in [1.807, 2.05) is 13.8 Å². The third-order valence-corrected chi connectivity index (χ3v) is 3.69. The molecule has 0 radical (unpaired) electrons. The Morgan fingerprint density at radius 1 is 1.39 bits per heavy atom. The predicted molar refractivity (Wildman–Crippen MR) is 68.9 cm³/mol. The van der Waals surface area contributed by atoms with Crippen LogP contribution in [0.25, 0.3) is 0 Å². The van der Waals surface area contributed by atoms with E-state index in [4.69, 9.17) is 9.47 Å². The lowest BCUT2D eigenvalue weighted by Crippen LogP contribution is -2.35. The molecular formula is C14H23NO3. The molecule has 3 unspecified atom stereocenters. The zero-order valence-corrected chi connectivity index (χ0v) is 11.3. The summed E-state index contributed by atoms with van der Waals surface area (Å²) < 4.78 is 10.8. The number of piperidine rings is 1. The van der Waals surface area contributed by atoms with Crippen LogP contribution >= 0.6 is 0 Å². The zero-order valence-electron chi connectivity index (χ0n) is 11.3. The van der Waals surface area contributed by atoms with Crippen molar-refractivity contribution >= 4 is 0 Å². The topological polar surface area (TPSA) is 41.9 Å². The molecule has 4 nitrogen and oxygen atoms in total. The van der Waals surface area contributed by atoms with Gasteiger partial charge in [0.15, 0.2) is 0 Å². The summed E-state index contributed by atoms with van der Waals surface area (Å²) in [4.78, 5) is 2.29. The van der Waals surface area contributed by atoms with Gasteiger partial charge in [-0.05, 0) is 39.2 Å². The fourth-order valence-corrected chi connectivity index (χ4v) is 2.82. The van der Waals surface area contributed by atoms with E-state index in [0.717, 1.165) is 25.9 Å². The molecular weight excluding hydrogens is 230 g/mol. The van der Waals surface area contributed by atoms with Crippen LogP contribution < -0.4 is 0 Å². The van der Waals surface area contributed by atoms with E-state index >= 15 is 0 Å². The highest BCUT2D eigenvalue weighted by molar-refractivity contribution is 5.22. The van der Waals surface area contributed by atoms with Gasteiger partial charge in [-0.2, -0.15) is 0 Å². The van der Waals surface area contributed by atoms with Gasteiger partial charge in [0.05, 0.1) is 0 Å². The van der Waals surface area contributed by atoms with E-state index in [0.29, 0.717) is 19.8 Å². The molecule has 4 heteroatoms. The summed E-state index contributed by atoms with van der Waals surface area (Å²) in [7, 11) is 0.